The van der Waals surface area contributed by atoms with E-state index in [0.29, 0.717) is 11.5 Å². The number of amides is 1. The van der Waals surface area contributed by atoms with Crippen LogP contribution in [0.1, 0.15) is 32.3 Å². The van der Waals surface area contributed by atoms with Crippen LogP contribution in [0.15, 0.2) is 18.3 Å². The van der Waals surface area contributed by atoms with E-state index in [0.717, 1.165) is 10.6 Å². The number of nitrogens with zero attached hydrogens (tertiary/aromatic N) is 5. The van der Waals surface area contributed by atoms with Gasteiger partial charge in [0.2, 0.25) is 0 Å². The molecular weight excluding hydrogens is 354 g/mol. The van der Waals surface area contributed by atoms with Crippen molar-refractivity contribution in [1.82, 2.24) is 35.3 Å². The molecule has 0 fully saturated rings. The molecule has 140 valence electrons. The second kappa shape index (κ2) is 7.12. The van der Waals surface area contributed by atoms with Crippen molar-refractivity contribution in [3.05, 3.63) is 29.9 Å². The third kappa shape index (κ3) is 4.25. The number of ether oxygens (including phenoxy) is 1. The van der Waals surface area contributed by atoms with Crippen molar-refractivity contribution >= 4 is 28.4 Å². The molecule has 2 aromatic rings. The Labute approximate surface area is 156 Å². The topological polar surface area (TPSA) is 96.7 Å². The van der Waals surface area contributed by atoms with Crippen LogP contribution in [-0.4, -0.2) is 56.0 Å². The molecule has 0 saturated carbocycles. The Morgan fingerprint density at radius 2 is 2.15 bits per heavy atom. The van der Waals surface area contributed by atoms with E-state index in [1.54, 1.807) is 16.3 Å². The molecule has 0 bridgehead atoms. The first-order valence-electron chi connectivity index (χ1n) is 8.21. The van der Waals surface area contributed by atoms with Crippen molar-refractivity contribution in [3.63, 3.8) is 0 Å². The van der Waals surface area contributed by atoms with E-state index < -0.39 is 11.7 Å². The third-order valence-corrected chi connectivity index (χ3v) is 4.80. The van der Waals surface area contributed by atoms with Gasteiger partial charge >= 0.3 is 6.09 Å². The summed E-state index contributed by atoms with van der Waals surface area (Å²) in [4.78, 5) is 14.9. The Bertz CT molecular complexity index is 841. The van der Waals surface area contributed by atoms with Gasteiger partial charge in [-0.25, -0.2) is 4.79 Å². The average Bonchev–Trinajstić information content (AvgIpc) is 3.18. The molecule has 0 aliphatic carbocycles. The van der Waals surface area contributed by atoms with Crippen molar-refractivity contribution in [3.8, 4) is 0 Å². The van der Waals surface area contributed by atoms with Crippen molar-refractivity contribution in [2.45, 2.75) is 38.4 Å². The summed E-state index contributed by atoms with van der Waals surface area (Å²) in [6.45, 7) is 5.62. The first kappa shape index (κ1) is 18.5. The predicted molar refractivity (Wildman–Crippen MR) is 100 cm³/mol. The molecule has 0 aromatic carbocycles. The van der Waals surface area contributed by atoms with Crippen molar-refractivity contribution in [1.29, 1.82) is 0 Å². The van der Waals surface area contributed by atoms with E-state index in [2.05, 4.69) is 30.8 Å². The Kier molecular flexibility index (Phi) is 5.05. The summed E-state index contributed by atoms with van der Waals surface area (Å²) in [5.74, 6) is 0.536. The maximum absolute atomic E-state index is 11.8. The van der Waals surface area contributed by atoms with Gasteiger partial charge in [-0.2, -0.15) is 9.61 Å². The molecule has 0 spiro atoms. The van der Waals surface area contributed by atoms with Crippen molar-refractivity contribution < 1.29 is 9.53 Å². The number of fused-ring (bicyclic) bond motifs is 1. The number of rotatable bonds is 4. The number of hydrogen-bond acceptors (Lipinski definition) is 8. The Balaban J connectivity index is 1.74. The number of alkyl carbamates (subject to hydrolysis) is 1. The minimum atomic E-state index is -0.551. The van der Waals surface area contributed by atoms with Gasteiger partial charge in [-0.05, 0) is 47.0 Å². The minimum Gasteiger partial charge on any atom is -0.444 e. The molecule has 9 nitrogen and oxygen atoms in total. The summed E-state index contributed by atoms with van der Waals surface area (Å²) in [6.07, 6.45) is 1.45. The number of nitrogens with one attached hydrogen (secondary N) is 2. The van der Waals surface area contributed by atoms with Crippen LogP contribution in [0.3, 0.4) is 0 Å². The maximum atomic E-state index is 11.8. The van der Waals surface area contributed by atoms with Gasteiger partial charge in [0.15, 0.2) is 11.5 Å². The highest BCUT2D eigenvalue weighted by atomic mass is 32.2. The van der Waals surface area contributed by atoms with E-state index in [9.17, 15) is 4.79 Å². The highest BCUT2D eigenvalue weighted by Crippen LogP contribution is 2.33. The molecule has 3 rings (SSSR count). The lowest BCUT2D eigenvalue weighted by atomic mass is 10.2. The van der Waals surface area contributed by atoms with Crippen LogP contribution in [0.5, 0.6) is 0 Å². The summed E-state index contributed by atoms with van der Waals surface area (Å²) in [6, 6.07) is 3.77. The number of aromatic nitrogens is 4. The number of hydrogen-bond donors (Lipinski definition) is 2. The molecule has 1 atom stereocenters. The Morgan fingerprint density at radius 3 is 2.81 bits per heavy atom. The first-order valence-corrected chi connectivity index (χ1v) is 9.09. The van der Waals surface area contributed by atoms with E-state index >= 15 is 0 Å². The molecule has 1 aliphatic heterocycles. The highest BCUT2D eigenvalue weighted by Gasteiger charge is 2.22. The van der Waals surface area contributed by atoms with Gasteiger partial charge in [0.05, 0.1) is 17.1 Å². The van der Waals surface area contributed by atoms with Gasteiger partial charge in [0.25, 0.3) is 0 Å². The van der Waals surface area contributed by atoms with Gasteiger partial charge in [0, 0.05) is 6.20 Å². The van der Waals surface area contributed by atoms with Gasteiger partial charge in [-0.3, -0.25) is 4.90 Å². The van der Waals surface area contributed by atoms with E-state index in [1.807, 2.05) is 53.2 Å². The zero-order valence-electron chi connectivity index (χ0n) is 15.5. The zero-order valence-corrected chi connectivity index (χ0v) is 16.3. The maximum Gasteiger partial charge on any atom is 0.408 e. The monoisotopic (exact) mass is 377 g/mol. The van der Waals surface area contributed by atoms with E-state index in [1.165, 1.54) is 0 Å². The van der Waals surface area contributed by atoms with Gasteiger partial charge in [-0.1, -0.05) is 11.8 Å². The zero-order chi connectivity index (χ0) is 18.9. The molecule has 3 heterocycles. The molecule has 1 unspecified atom stereocenters. The normalized spacial score (nSPS) is 17.3. The fraction of sp³-hybridized carbons (Fsp3) is 0.500. The lowest BCUT2D eigenvalue weighted by Crippen LogP contribution is -2.32. The first-order chi connectivity index (χ1) is 12.2. The number of carbonyl (C=O) groups is 1. The molecule has 2 aromatic heterocycles. The summed E-state index contributed by atoms with van der Waals surface area (Å²) in [7, 11) is 4.02. The lowest BCUT2D eigenvalue weighted by molar-refractivity contribution is 0.0522. The van der Waals surface area contributed by atoms with E-state index in [4.69, 9.17) is 4.74 Å². The standard InChI is InChI=1S/C16H23N7O2S/c1-16(2,3)25-15(24)18-9-13-20-19-12-7-6-10(21-23(12)13)11-8-17-14(26-11)22(4)5/h6-8,14,17H,9H2,1-5H3,(H,18,24). The minimum absolute atomic E-state index is 0.178. The third-order valence-electron chi connectivity index (χ3n) is 3.43. The van der Waals surface area contributed by atoms with Crippen LogP contribution in [0.25, 0.3) is 10.6 Å². The van der Waals surface area contributed by atoms with Crippen LogP contribution >= 0.6 is 11.8 Å². The van der Waals surface area contributed by atoms with E-state index in [-0.39, 0.29) is 12.0 Å². The van der Waals surface area contributed by atoms with Crippen LogP contribution in [-0.2, 0) is 11.3 Å². The van der Waals surface area contributed by atoms with Gasteiger partial charge in [0.1, 0.15) is 11.1 Å². The summed E-state index contributed by atoms with van der Waals surface area (Å²) < 4.78 is 6.87. The van der Waals surface area contributed by atoms with Gasteiger partial charge < -0.3 is 15.4 Å². The molecular formula is C16H23N7O2S. The Hall–Kier alpha value is -2.33. The molecule has 26 heavy (non-hydrogen) atoms. The number of carbonyl (C=O) groups excluding carboxylic acids is 1. The lowest BCUT2D eigenvalue weighted by Gasteiger charge is -2.19. The fourth-order valence-corrected chi connectivity index (χ4v) is 3.22. The molecule has 1 amide bonds. The summed E-state index contributed by atoms with van der Waals surface area (Å²) in [5, 5.41) is 18.8. The predicted octanol–water partition coefficient (Wildman–Crippen LogP) is 1.63. The quantitative estimate of drug-likeness (QED) is 0.830. The van der Waals surface area contributed by atoms with Crippen LogP contribution < -0.4 is 10.6 Å². The fourth-order valence-electron chi connectivity index (χ4n) is 2.26. The second-order valence-corrected chi connectivity index (χ2v) is 8.19. The smallest absolute Gasteiger partial charge is 0.408 e. The molecule has 0 radical (unpaired) electrons. The SMILES string of the molecule is CN(C)C1NC=C(c2ccc3nnc(CNC(=O)OC(C)(C)C)n3n2)S1. The van der Waals surface area contributed by atoms with Crippen LogP contribution in [0.2, 0.25) is 0 Å². The van der Waals surface area contributed by atoms with Crippen LogP contribution in [0, 0.1) is 0 Å². The molecule has 1 aliphatic rings. The van der Waals surface area contributed by atoms with Crippen molar-refractivity contribution in [2.75, 3.05) is 14.1 Å². The average molecular weight is 377 g/mol. The van der Waals surface area contributed by atoms with Crippen molar-refractivity contribution in [2.24, 2.45) is 0 Å². The largest absolute Gasteiger partial charge is 0.444 e. The van der Waals surface area contributed by atoms with Crippen LogP contribution in [0.4, 0.5) is 4.79 Å². The van der Waals surface area contributed by atoms with Gasteiger partial charge in [-0.15, -0.1) is 10.2 Å². The number of thioether (sulfide) groups is 1. The highest BCUT2D eigenvalue weighted by molar-refractivity contribution is 8.09. The Morgan fingerprint density at radius 1 is 1.38 bits per heavy atom. The second-order valence-electron chi connectivity index (χ2n) is 7.07. The molecule has 0 saturated heterocycles. The molecule has 2 N–H and O–H groups in total. The summed E-state index contributed by atoms with van der Waals surface area (Å²) in [5.41, 5.74) is 1.06. The molecule has 10 heteroatoms. The summed E-state index contributed by atoms with van der Waals surface area (Å²) >= 11 is 1.68.